The molecule has 2 aromatic rings. The highest BCUT2D eigenvalue weighted by Gasteiger charge is 2.42. The minimum absolute atomic E-state index is 0.0390. The van der Waals surface area contributed by atoms with Crippen LogP contribution in [0.1, 0.15) is 35.2 Å². The number of carbonyl (C=O) groups is 2. The van der Waals surface area contributed by atoms with Crippen LogP contribution in [0, 0.1) is 10.1 Å². The van der Waals surface area contributed by atoms with E-state index in [0.717, 1.165) is 0 Å². The fourth-order valence-corrected chi connectivity index (χ4v) is 2.68. The fraction of sp³-hybridized carbons (Fsp3) is 0.263. The summed E-state index contributed by atoms with van der Waals surface area (Å²) < 4.78 is 4.86. The minimum atomic E-state index is -1.63. The molecule has 0 aromatic heterocycles. The lowest BCUT2D eigenvalue weighted by atomic mass is 9.86. The second-order valence-electron chi connectivity index (χ2n) is 5.49. The lowest BCUT2D eigenvalue weighted by Crippen LogP contribution is -2.38. The molecule has 6 nitrogen and oxygen atoms in total. The first-order chi connectivity index (χ1) is 12.0. The average Bonchev–Trinajstić information content (AvgIpc) is 2.62. The quantitative estimate of drug-likeness (QED) is 0.318. The number of esters is 1. The molecule has 0 radical (unpaired) electrons. The first-order valence-electron chi connectivity index (χ1n) is 7.98. The molecule has 2 rings (SSSR count). The van der Waals surface area contributed by atoms with Crippen LogP contribution in [0.4, 0.5) is 0 Å². The van der Waals surface area contributed by atoms with E-state index in [1.165, 1.54) is 0 Å². The van der Waals surface area contributed by atoms with E-state index in [4.69, 9.17) is 4.74 Å². The molecule has 0 bridgehead atoms. The Labute approximate surface area is 145 Å². The van der Waals surface area contributed by atoms with Gasteiger partial charge in [0.15, 0.2) is 5.78 Å². The van der Waals surface area contributed by atoms with Crippen molar-refractivity contribution in [3.05, 3.63) is 81.9 Å². The number of benzene rings is 2. The third-order valence-corrected chi connectivity index (χ3v) is 3.87. The number of hydrogen-bond donors (Lipinski definition) is 0. The van der Waals surface area contributed by atoms with E-state index < -0.39 is 22.9 Å². The second kappa shape index (κ2) is 8.73. The molecular formula is C19H19NO5. The van der Waals surface area contributed by atoms with Crippen molar-refractivity contribution in [2.75, 3.05) is 6.61 Å². The summed E-state index contributed by atoms with van der Waals surface area (Å²) >= 11 is 0. The van der Waals surface area contributed by atoms with Gasteiger partial charge in [0.1, 0.15) is 0 Å². The van der Waals surface area contributed by atoms with Crippen LogP contribution in [0.2, 0.25) is 0 Å². The van der Waals surface area contributed by atoms with Crippen molar-refractivity contribution in [1.29, 1.82) is 0 Å². The van der Waals surface area contributed by atoms with E-state index in [0.29, 0.717) is 11.1 Å². The Morgan fingerprint density at radius 2 is 1.60 bits per heavy atom. The maximum atomic E-state index is 12.6. The Kier molecular flexibility index (Phi) is 6.39. The third-order valence-electron chi connectivity index (χ3n) is 3.87. The molecule has 25 heavy (non-hydrogen) atoms. The summed E-state index contributed by atoms with van der Waals surface area (Å²) in [5, 5.41) is 11.5. The van der Waals surface area contributed by atoms with Crippen LogP contribution in [0.5, 0.6) is 0 Å². The van der Waals surface area contributed by atoms with E-state index in [9.17, 15) is 19.7 Å². The standard InChI is InChI=1S/C19H19NO5/c1-2-25-19(22)18(20(23)24)16(14-9-5-3-6-10-14)13-17(21)15-11-7-4-8-12-15/h3-12,16,18H,2,13H2,1H3/t16-,18?/m0/s1. The molecule has 0 N–H and O–H groups in total. The van der Waals surface area contributed by atoms with Crippen LogP contribution in [-0.2, 0) is 9.53 Å². The number of nitrogens with zero attached hydrogens (tertiary/aromatic N) is 1. The molecule has 0 aliphatic heterocycles. The van der Waals surface area contributed by atoms with Gasteiger partial charge in [0, 0.05) is 16.9 Å². The van der Waals surface area contributed by atoms with E-state index in [2.05, 4.69) is 0 Å². The van der Waals surface area contributed by atoms with Crippen LogP contribution in [-0.4, -0.2) is 29.3 Å². The normalized spacial score (nSPS) is 12.8. The Bertz CT molecular complexity index is 730. The lowest BCUT2D eigenvalue weighted by molar-refractivity contribution is -0.514. The van der Waals surface area contributed by atoms with Gasteiger partial charge in [-0.15, -0.1) is 0 Å². The van der Waals surface area contributed by atoms with Crippen LogP contribution >= 0.6 is 0 Å². The number of Topliss-reactive ketones (excluding diaryl/α,β-unsaturated/α-hetero) is 1. The first-order valence-corrected chi connectivity index (χ1v) is 7.98. The Balaban J connectivity index is 2.37. The molecule has 0 fully saturated rings. The Morgan fingerprint density at radius 1 is 1.04 bits per heavy atom. The molecule has 0 amide bonds. The van der Waals surface area contributed by atoms with Crippen molar-refractivity contribution in [3.63, 3.8) is 0 Å². The number of rotatable bonds is 8. The summed E-state index contributed by atoms with van der Waals surface area (Å²) in [5.74, 6) is -2.09. The minimum Gasteiger partial charge on any atom is -0.461 e. The molecule has 0 heterocycles. The largest absolute Gasteiger partial charge is 0.461 e. The maximum absolute atomic E-state index is 12.6. The van der Waals surface area contributed by atoms with Crippen LogP contribution in [0.25, 0.3) is 0 Å². The van der Waals surface area contributed by atoms with Gasteiger partial charge in [-0.1, -0.05) is 60.7 Å². The topological polar surface area (TPSA) is 86.5 Å². The van der Waals surface area contributed by atoms with E-state index >= 15 is 0 Å². The summed E-state index contributed by atoms with van der Waals surface area (Å²) in [7, 11) is 0. The van der Waals surface area contributed by atoms with Gasteiger partial charge in [-0.05, 0) is 12.5 Å². The maximum Gasteiger partial charge on any atom is 0.382 e. The fourth-order valence-electron chi connectivity index (χ4n) is 2.68. The molecule has 0 saturated heterocycles. The van der Waals surface area contributed by atoms with Crippen molar-refractivity contribution in [2.45, 2.75) is 25.3 Å². The molecule has 130 valence electrons. The monoisotopic (exact) mass is 341 g/mol. The molecule has 2 aromatic carbocycles. The Hall–Kier alpha value is -3.02. The van der Waals surface area contributed by atoms with E-state index in [1.54, 1.807) is 67.6 Å². The van der Waals surface area contributed by atoms with Gasteiger partial charge in [0.25, 0.3) is 0 Å². The summed E-state index contributed by atoms with van der Waals surface area (Å²) in [6, 6.07) is 15.5. The van der Waals surface area contributed by atoms with Crippen LogP contribution in [0.15, 0.2) is 60.7 Å². The third kappa shape index (κ3) is 4.73. The molecule has 0 spiro atoms. The van der Waals surface area contributed by atoms with Gasteiger partial charge in [-0.25, -0.2) is 4.79 Å². The highest BCUT2D eigenvalue weighted by atomic mass is 16.6. The van der Waals surface area contributed by atoms with Gasteiger partial charge in [0.2, 0.25) is 0 Å². The van der Waals surface area contributed by atoms with Crippen LogP contribution < -0.4 is 0 Å². The van der Waals surface area contributed by atoms with Gasteiger partial charge >= 0.3 is 12.0 Å². The zero-order valence-corrected chi connectivity index (χ0v) is 13.8. The van der Waals surface area contributed by atoms with Gasteiger partial charge in [0.05, 0.1) is 12.5 Å². The number of nitro groups is 1. The van der Waals surface area contributed by atoms with Gasteiger partial charge in [-0.3, -0.25) is 14.9 Å². The lowest BCUT2D eigenvalue weighted by Gasteiger charge is -2.19. The van der Waals surface area contributed by atoms with Gasteiger partial charge < -0.3 is 4.74 Å². The molecule has 0 aliphatic carbocycles. The van der Waals surface area contributed by atoms with E-state index in [1.807, 2.05) is 0 Å². The number of carbonyl (C=O) groups excluding carboxylic acids is 2. The summed E-state index contributed by atoms with van der Waals surface area (Å²) in [4.78, 5) is 35.6. The highest BCUT2D eigenvalue weighted by Crippen LogP contribution is 2.28. The molecule has 0 aliphatic rings. The zero-order chi connectivity index (χ0) is 18.2. The predicted molar refractivity (Wildman–Crippen MR) is 92.0 cm³/mol. The highest BCUT2D eigenvalue weighted by molar-refractivity contribution is 5.97. The van der Waals surface area contributed by atoms with Crippen molar-refractivity contribution in [3.8, 4) is 0 Å². The van der Waals surface area contributed by atoms with Crippen molar-refractivity contribution in [1.82, 2.24) is 0 Å². The number of hydrogen-bond acceptors (Lipinski definition) is 5. The molecular weight excluding hydrogens is 322 g/mol. The smallest absolute Gasteiger partial charge is 0.382 e. The summed E-state index contributed by atoms with van der Waals surface area (Å²) in [6.45, 7) is 1.62. The molecule has 1 unspecified atom stereocenters. The number of ketones is 1. The Morgan fingerprint density at radius 3 is 2.12 bits per heavy atom. The first kappa shape index (κ1) is 18.3. The zero-order valence-electron chi connectivity index (χ0n) is 13.8. The average molecular weight is 341 g/mol. The van der Waals surface area contributed by atoms with Crippen molar-refractivity contribution >= 4 is 11.8 Å². The SMILES string of the molecule is CCOC(=O)C([C@@H](CC(=O)c1ccccc1)c1ccccc1)[N+](=O)[O-]. The number of ether oxygens (including phenoxy) is 1. The summed E-state index contributed by atoms with van der Waals surface area (Å²) in [6.07, 6.45) is -0.154. The second-order valence-corrected chi connectivity index (χ2v) is 5.49. The van der Waals surface area contributed by atoms with E-state index in [-0.39, 0.29) is 18.8 Å². The van der Waals surface area contributed by atoms with Gasteiger partial charge in [-0.2, -0.15) is 0 Å². The van der Waals surface area contributed by atoms with Crippen LogP contribution in [0.3, 0.4) is 0 Å². The molecule has 6 heteroatoms. The van der Waals surface area contributed by atoms with Crippen molar-refractivity contribution in [2.24, 2.45) is 0 Å². The summed E-state index contributed by atoms with van der Waals surface area (Å²) in [5.41, 5.74) is 1.01. The molecule has 0 saturated carbocycles. The molecule has 2 atom stereocenters. The van der Waals surface area contributed by atoms with Crippen molar-refractivity contribution < 1.29 is 19.2 Å². The predicted octanol–water partition coefficient (Wildman–Crippen LogP) is 3.25.